The number of nitrogens with zero attached hydrogens (tertiary/aromatic N) is 4. The molecular weight excluding hydrogens is 616 g/mol. The number of anilines is 1. The number of hydrogen-bond donors (Lipinski definition) is 1. The van der Waals surface area contributed by atoms with Crippen LogP contribution in [0.25, 0.3) is 28.2 Å². The van der Waals surface area contributed by atoms with Crippen molar-refractivity contribution in [3.63, 3.8) is 0 Å². The number of carboxylic acids is 1. The van der Waals surface area contributed by atoms with Crippen molar-refractivity contribution in [2.24, 2.45) is 0 Å². The number of aromatic nitrogens is 3. The van der Waals surface area contributed by atoms with Crippen LogP contribution >= 0.6 is 0 Å². The van der Waals surface area contributed by atoms with Gasteiger partial charge in [0, 0.05) is 36.8 Å². The van der Waals surface area contributed by atoms with Crippen molar-refractivity contribution < 1.29 is 24.1 Å². The second kappa shape index (κ2) is 14.6. The second-order valence-electron chi connectivity index (χ2n) is 14.2. The van der Waals surface area contributed by atoms with Gasteiger partial charge in [-0.3, -0.25) is 4.40 Å². The fourth-order valence-electron chi connectivity index (χ4n) is 6.38. The first-order chi connectivity index (χ1) is 23.2. The molecule has 0 saturated carbocycles. The number of piperidine rings is 1. The summed E-state index contributed by atoms with van der Waals surface area (Å²) in [6, 6.07) is 14.4. The highest BCUT2D eigenvalue weighted by Gasteiger charge is 2.37. The maximum atomic E-state index is 12.8. The largest absolute Gasteiger partial charge is 0.490 e. The third kappa shape index (κ3) is 8.23. The van der Waals surface area contributed by atoms with Gasteiger partial charge in [0.2, 0.25) is 5.78 Å². The fraction of sp³-hybridized carbons (Fsp3) is 0.425. The van der Waals surface area contributed by atoms with Crippen molar-refractivity contribution in [2.45, 2.75) is 91.1 Å². The topological polar surface area (TPSA) is 98.4 Å². The van der Waals surface area contributed by atoms with Crippen LogP contribution in [0, 0.1) is 13.8 Å². The van der Waals surface area contributed by atoms with E-state index in [1.807, 2.05) is 69.5 Å². The summed E-state index contributed by atoms with van der Waals surface area (Å²) in [6.07, 6.45) is 6.62. The Morgan fingerprint density at radius 3 is 2.43 bits per heavy atom. The molecule has 260 valence electrons. The Balaban J connectivity index is 1.63. The lowest BCUT2D eigenvalue weighted by atomic mass is 9.92. The minimum atomic E-state index is -1.23. The van der Waals surface area contributed by atoms with E-state index in [2.05, 4.69) is 56.2 Å². The number of imidazole rings is 1. The number of benzene rings is 2. The summed E-state index contributed by atoms with van der Waals surface area (Å²) in [5, 5.41) is 10.5. The van der Waals surface area contributed by atoms with E-state index < -0.39 is 17.7 Å². The normalized spacial score (nSPS) is 15.9. The Morgan fingerprint density at radius 1 is 1.06 bits per heavy atom. The highest BCUT2D eigenvalue weighted by atomic mass is 16.5. The van der Waals surface area contributed by atoms with Crippen LogP contribution < -0.4 is 9.64 Å². The number of fused-ring (bicyclic) bond motifs is 1. The summed E-state index contributed by atoms with van der Waals surface area (Å²) >= 11 is 0. The Hall–Kier alpha value is -4.47. The van der Waals surface area contributed by atoms with Crippen LogP contribution in [0.5, 0.6) is 5.75 Å². The van der Waals surface area contributed by atoms with Gasteiger partial charge in [-0.2, -0.15) is 0 Å². The molecule has 1 aliphatic heterocycles. The Labute approximate surface area is 290 Å². The van der Waals surface area contributed by atoms with Gasteiger partial charge in [-0.1, -0.05) is 42.0 Å². The summed E-state index contributed by atoms with van der Waals surface area (Å²) in [7, 11) is 0. The van der Waals surface area contributed by atoms with Crippen molar-refractivity contribution in [1.29, 1.82) is 0 Å². The zero-order chi connectivity index (χ0) is 35.5. The van der Waals surface area contributed by atoms with Crippen molar-refractivity contribution >= 4 is 17.6 Å². The molecule has 1 aliphatic rings. The minimum absolute atomic E-state index is 0.0133. The van der Waals surface area contributed by atoms with Gasteiger partial charge in [-0.25, -0.2) is 14.8 Å². The van der Waals surface area contributed by atoms with Crippen molar-refractivity contribution in [3.05, 3.63) is 90.8 Å². The first-order valence-electron chi connectivity index (χ1n) is 17.0. The van der Waals surface area contributed by atoms with Gasteiger partial charge in [-0.05, 0) is 85.1 Å². The number of hydrogen-bond acceptors (Lipinski definition) is 7. The fourth-order valence-corrected chi connectivity index (χ4v) is 6.38. The van der Waals surface area contributed by atoms with E-state index in [1.54, 1.807) is 6.08 Å². The molecule has 5 rings (SSSR count). The first kappa shape index (κ1) is 35.8. The van der Waals surface area contributed by atoms with Crippen LogP contribution in [0.2, 0.25) is 0 Å². The van der Waals surface area contributed by atoms with Gasteiger partial charge in [0.05, 0.1) is 40.9 Å². The molecular formula is C40H50N4O5. The number of carboxylic acid groups (broad SMARTS) is 1. The van der Waals surface area contributed by atoms with Crippen LogP contribution in [0.4, 0.5) is 5.82 Å². The van der Waals surface area contributed by atoms with E-state index in [-0.39, 0.29) is 11.7 Å². The molecule has 0 spiro atoms. The summed E-state index contributed by atoms with van der Waals surface area (Å²) in [5.41, 5.74) is 4.85. The SMILES string of the molecule is C=CCOC1(C)CCN(c2c(C(OC(C)(C)C)C(=O)O)c(C)nc3nc(-c4cccc(-c5cc(C)ccc5O[C@@H](C)CC=C)c4)cn23)CC1. The van der Waals surface area contributed by atoms with Crippen LogP contribution in [0.1, 0.15) is 76.8 Å². The van der Waals surface area contributed by atoms with E-state index in [4.69, 9.17) is 24.2 Å². The molecule has 9 heteroatoms. The number of aryl methyl sites for hydroxylation is 2. The van der Waals surface area contributed by atoms with Crippen LogP contribution in [0.3, 0.4) is 0 Å². The third-order valence-corrected chi connectivity index (χ3v) is 8.87. The maximum Gasteiger partial charge on any atom is 0.337 e. The number of aliphatic carboxylic acids is 1. The van der Waals surface area contributed by atoms with Crippen molar-refractivity contribution in [1.82, 2.24) is 14.4 Å². The van der Waals surface area contributed by atoms with E-state index in [9.17, 15) is 9.90 Å². The van der Waals surface area contributed by atoms with Gasteiger partial charge < -0.3 is 24.2 Å². The molecule has 1 N–H and O–H groups in total. The van der Waals surface area contributed by atoms with E-state index in [1.165, 1.54) is 0 Å². The predicted octanol–water partition coefficient (Wildman–Crippen LogP) is 8.53. The van der Waals surface area contributed by atoms with Gasteiger partial charge in [0.25, 0.3) is 0 Å². The minimum Gasteiger partial charge on any atom is -0.490 e. The Bertz CT molecular complexity index is 1830. The smallest absolute Gasteiger partial charge is 0.337 e. The van der Waals surface area contributed by atoms with E-state index >= 15 is 0 Å². The lowest BCUT2D eigenvalue weighted by molar-refractivity contribution is -0.160. The molecule has 9 nitrogen and oxygen atoms in total. The van der Waals surface area contributed by atoms with Gasteiger partial charge in [0.15, 0.2) is 6.10 Å². The standard InChI is InChI=1S/C40H50N4O5/c1-10-13-27(4)48-33-17-16-26(3)23-31(33)29-14-12-15-30(24-29)32-25-44-36(43-20-18-40(9,19-21-43)47-22-11-2)34(28(5)41-38(44)42-32)35(37(45)46)49-39(6,7)8/h10-12,14-17,23-25,27,35H,1-2,13,18-22H2,3-9H3,(H,45,46)/t27-,35?/m0/s1. The number of rotatable bonds is 13. The third-order valence-electron chi connectivity index (χ3n) is 8.87. The van der Waals surface area contributed by atoms with E-state index in [0.717, 1.165) is 58.8 Å². The van der Waals surface area contributed by atoms with Gasteiger partial charge in [0.1, 0.15) is 11.6 Å². The maximum absolute atomic E-state index is 12.8. The van der Waals surface area contributed by atoms with Crippen molar-refractivity contribution in [3.8, 4) is 28.1 Å². The molecule has 49 heavy (non-hydrogen) atoms. The van der Waals surface area contributed by atoms with Gasteiger partial charge in [-0.15, -0.1) is 13.2 Å². The lowest BCUT2D eigenvalue weighted by Gasteiger charge is -2.41. The average Bonchev–Trinajstić information content (AvgIpc) is 3.47. The number of carbonyl (C=O) groups is 1. The summed E-state index contributed by atoms with van der Waals surface area (Å²) < 4.78 is 20.6. The van der Waals surface area contributed by atoms with E-state index in [0.29, 0.717) is 36.7 Å². The summed E-state index contributed by atoms with van der Waals surface area (Å²) in [4.78, 5) is 24.9. The summed E-state index contributed by atoms with van der Waals surface area (Å²) in [5.74, 6) is 0.961. The van der Waals surface area contributed by atoms with Crippen LogP contribution in [0.15, 0.2) is 74.0 Å². The average molecular weight is 667 g/mol. The summed E-state index contributed by atoms with van der Waals surface area (Å²) in [6.45, 7) is 23.1. The molecule has 2 aromatic heterocycles. The molecule has 2 atom stereocenters. The number of ether oxygens (including phenoxy) is 3. The monoisotopic (exact) mass is 666 g/mol. The molecule has 0 aliphatic carbocycles. The molecule has 1 fully saturated rings. The zero-order valence-corrected chi connectivity index (χ0v) is 30.0. The first-order valence-corrected chi connectivity index (χ1v) is 17.0. The highest BCUT2D eigenvalue weighted by Crippen LogP contribution is 2.39. The molecule has 4 aromatic rings. The van der Waals surface area contributed by atoms with Gasteiger partial charge >= 0.3 is 5.97 Å². The van der Waals surface area contributed by atoms with Crippen LogP contribution in [-0.2, 0) is 14.3 Å². The Kier molecular flexibility index (Phi) is 10.6. The van der Waals surface area contributed by atoms with Crippen molar-refractivity contribution in [2.75, 3.05) is 24.6 Å². The highest BCUT2D eigenvalue weighted by molar-refractivity contribution is 5.79. The molecule has 0 bridgehead atoms. The predicted molar refractivity (Wildman–Crippen MR) is 195 cm³/mol. The molecule has 0 amide bonds. The molecule has 1 unspecified atom stereocenters. The quantitative estimate of drug-likeness (QED) is 0.142. The molecule has 3 heterocycles. The zero-order valence-electron chi connectivity index (χ0n) is 30.0. The Morgan fingerprint density at radius 2 is 1.78 bits per heavy atom. The lowest BCUT2D eigenvalue weighted by Crippen LogP contribution is -2.45. The second-order valence-corrected chi connectivity index (χ2v) is 14.2. The van der Waals surface area contributed by atoms with Crippen LogP contribution in [-0.4, -0.2) is 62.4 Å². The molecule has 2 aromatic carbocycles. The molecule has 0 radical (unpaired) electrons. The molecule has 1 saturated heterocycles.